The zero-order valence-corrected chi connectivity index (χ0v) is 50.2. The Balaban J connectivity index is 1.21. The Bertz CT molecular complexity index is 4090. The van der Waals surface area contributed by atoms with E-state index in [1.807, 2.05) is 101 Å². The number of aromatic hydroxyl groups is 2. The van der Waals surface area contributed by atoms with Gasteiger partial charge in [-0.3, -0.25) is 4.90 Å². The number of aromatic nitrogens is 14. The Morgan fingerprint density at radius 1 is 0.585 bits per heavy atom. The zero-order chi connectivity index (χ0) is 59.7. The van der Waals surface area contributed by atoms with Gasteiger partial charge in [0.05, 0.1) is 22.8 Å². The summed E-state index contributed by atoms with van der Waals surface area (Å²) in [5, 5.41) is 89.2. The minimum absolute atomic E-state index is 0.0101. The zero-order valence-electron chi connectivity index (χ0n) is 48.6. The summed E-state index contributed by atoms with van der Waals surface area (Å²) in [5.74, 6) is 1.27. The van der Waals surface area contributed by atoms with E-state index in [0.29, 0.717) is 50.9 Å². The summed E-state index contributed by atoms with van der Waals surface area (Å²) in [4.78, 5) is 23.4. The topological polar surface area (TPSA) is 335 Å². The second-order valence-corrected chi connectivity index (χ2v) is 24.7. The molecule has 0 radical (unpaired) electrons. The van der Waals surface area contributed by atoms with Crippen LogP contribution in [0.3, 0.4) is 0 Å². The van der Waals surface area contributed by atoms with Crippen LogP contribution in [0.25, 0.3) is 16.2 Å². The van der Waals surface area contributed by atoms with Crippen molar-refractivity contribution in [3.63, 3.8) is 0 Å². The maximum absolute atomic E-state index is 11.0. The number of nitrogens with two attached hydrogens (primary N) is 1. The number of aryl methyl sites for hydroxylation is 8. The molecular formula is C55H61N23O2S2. The Hall–Kier alpha value is -9.47. The van der Waals surface area contributed by atoms with E-state index < -0.39 is 28.3 Å². The van der Waals surface area contributed by atoms with Gasteiger partial charge in [-0.2, -0.15) is 54.2 Å². The second kappa shape index (κ2) is 21.2. The van der Waals surface area contributed by atoms with Crippen molar-refractivity contribution in [3.05, 3.63) is 103 Å². The van der Waals surface area contributed by atoms with Crippen LogP contribution in [0.1, 0.15) is 135 Å². The van der Waals surface area contributed by atoms with Gasteiger partial charge in [0.1, 0.15) is 40.6 Å². The van der Waals surface area contributed by atoms with E-state index in [2.05, 4.69) is 114 Å². The Kier molecular flexibility index (Phi) is 14.8. The van der Waals surface area contributed by atoms with Crippen molar-refractivity contribution in [3.8, 4) is 40.4 Å². The van der Waals surface area contributed by atoms with E-state index in [0.717, 1.165) is 60.8 Å². The molecule has 0 saturated carbocycles. The lowest BCUT2D eigenvalue weighted by Gasteiger charge is -2.26. The number of azo groups is 2. The molecule has 0 spiro atoms. The fourth-order valence-corrected chi connectivity index (χ4v) is 10.8. The predicted molar refractivity (Wildman–Crippen MR) is 313 cm³/mol. The normalized spacial score (nSPS) is 12.2. The number of rotatable bonds is 12. The molecule has 0 aliphatic rings. The number of nitrogens with one attached hydrogen (secondary N) is 1. The summed E-state index contributed by atoms with van der Waals surface area (Å²) in [7, 11) is 0. The number of nitrogens with zero attached hydrogens (tertiary/aromatic N) is 21. The molecule has 7 aromatic heterocycles. The third-order valence-corrected chi connectivity index (χ3v) is 14.6. The van der Waals surface area contributed by atoms with Crippen LogP contribution in [0.5, 0.6) is 12.0 Å². The first-order valence-electron chi connectivity index (χ1n) is 25.8. The molecule has 0 atom stereocenters. The summed E-state index contributed by atoms with van der Waals surface area (Å²) in [6, 6.07) is 13.5. The molecule has 5 N–H and O–H groups in total. The van der Waals surface area contributed by atoms with Crippen LogP contribution in [0.15, 0.2) is 50.8 Å². The molecule has 7 heterocycles. The third kappa shape index (κ3) is 10.9. The first-order valence-corrected chi connectivity index (χ1v) is 27.4. The molecule has 82 heavy (non-hydrogen) atoms. The fourth-order valence-electron chi connectivity index (χ4n) is 9.40. The van der Waals surface area contributed by atoms with Gasteiger partial charge in [-0.05, 0) is 89.3 Å². The van der Waals surface area contributed by atoms with Crippen molar-refractivity contribution in [2.75, 3.05) is 16.0 Å². The smallest absolute Gasteiger partial charge is 0.321 e. The largest absolute Gasteiger partial charge is 0.479 e. The molecule has 2 aromatic carbocycles. The summed E-state index contributed by atoms with van der Waals surface area (Å²) in [5.41, 5.74) is 15.2. The summed E-state index contributed by atoms with van der Waals surface area (Å²) >= 11 is 2.31. The van der Waals surface area contributed by atoms with Gasteiger partial charge in [0.25, 0.3) is 5.95 Å². The van der Waals surface area contributed by atoms with E-state index in [1.54, 1.807) is 0 Å². The SMILES string of the molecule is Cc1cc(C)c(Nc2nc(N(c3nc(C)ns3)c3c(C)cc(C)cc3C)cc(C)c2N=Nc2c(C#N)c(C(C)(C)C)nn2-c2nnc(-n3nc(C(C)(C)C)c(C#N)c3N=Nc3c(C(C)(C)C)nn(-c4nc(O)nc(O)n4)c3N)s2)c(C)c1. The van der Waals surface area contributed by atoms with Crippen LogP contribution in [-0.2, 0) is 16.2 Å². The molecule has 9 aromatic rings. The van der Waals surface area contributed by atoms with Crippen molar-refractivity contribution in [2.24, 2.45) is 20.5 Å². The molecule has 0 aliphatic heterocycles. The summed E-state index contributed by atoms with van der Waals surface area (Å²) in [6.45, 7) is 33.3. The van der Waals surface area contributed by atoms with Crippen LogP contribution >= 0.6 is 22.9 Å². The first-order chi connectivity index (χ1) is 38.5. The second-order valence-electron chi connectivity index (χ2n) is 23.0. The predicted octanol–water partition coefficient (Wildman–Crippen LogP) is 12.7. The standard InChI is InChI=1S/C55H61N23O2S2/c1-25-18-27(3)36(28(4)19-25)61-44-37(29(5)22-35(60-44)75(50-59-32(8)74-82-50)39-30(6)20-26(2)21-31(39)7)65-67-45-33(23-56)40(53(9,10)11)71-77(45)51-69-70-52(81-51)78-46(34(24-57)41(72-78)54(12,13)14)68-66-38-42(55(15,16)17)73-76(43(38)58)47-62-48(79)64-49(80)63-47/h18-22H,58H2,1-17H3,(H,60,61)(H2,62,63,64,79,80). The van der Waals surface area contributed by atoms with Crippen LogP contribution in [0.2, 0.25) is 0 Å². The highest BCUT2D eigenvalue weighted by Crippen LogP contribution is 2.45. The Morgan fingerprint density at radius 2 is 1.06 bits per heavy atom. The molecule has 0 bridgehead atoms. The lowest BCUT2D eigenvalue weighted by atomic mass is 9.89. The number of anilines is 6. The molecule has 420 valence electrons. The van der Waals surface area contributed by atoms with Gasteiger partial charge in [-0.1, -0.05) is 109 Å². The van der Waals surface area contributed by atoms with Gasteiger partial charge in [-0.25, -0.2) is 9.97 Å². The number of nitrogen functional groups attached to an aromatic ring is 1. The molecule has 0 unspecified atom stereocenters. The van der Waals surface area contributed by atoms with E-state index in [-0.39, 0.29) is 50.5 Å². The number of benzene rings is 2. The molecule has 0 amide bonds. The van der Waals surface area contributed by atoms with E-state index in [4.69, 9.17) is 36.1 Å². The Labute approximate surface area is 481 Å². The third-order valence-electron chi connectivity index (χ3n) is 12.9. The lowest BCUT2D eigenvalue weighted by Crippen LogP contribution is -2.15. The van der Waals surface area contributed by atoms with Crippen molar-refractivity contribution in [1.82, 2.24) is 68.8 Å². The minimum atomic E-state index is -0.758. The number of hydrogen-bond acceptors (Lipinski definition) is 24. The summed E-state index contributed by atoms with van der Waals surface area (Å²) < 4.78 is 8.44. The number of nitriles is 2. The first kappa shape index (κ1) is 57.2. The maximum atomic E-state index is 11.0. The van der Waals surface area contributed by atoms with Crippen molar-refractivity contribution in [2.45, 2.75) is 134 Å². The lowest BCUT2D eigenvalue weighted by molar-refractivity contribution is 0.379. The fraction of sp³-hybridized carbons (Fsp3) is 0.364. The van der Waals surface area contributed by atoms with E-state index >= 15 is 0 Å². The van der Waals surface area contributed by atoms with Crippen LogP contribution in [0, 0.1) is 78.1 Å². The van der Waals surface area contributed by atoms with Crippen LogP contribution < -0.4 is 16.0 Å². The molecule has 0 aliphatic carbocycles. The van der Waals surface area contributed by atoms with Crippen molar-refractivity contribution in [1.29, 1.82) is 10.5 Å². The van der Waals surface area contributed by atoms with Gasteiger partial charge in [0.15, 0.2) is 29.0 Å². The number of hydrogen-bond donors (Lipinski definition) is 4. The molecule has 25 nitrogen and oxygen atoms in total. The van der Waals surface area contributed by atoms with Gasteiger partial charge in [0, 0.05) is 33.5 Å². The molecule has 0 fully saturated rings. The highest BCUT2D eigenvalue weighted by atomic mass is 32.1. The highest BCUT2D eigenvalue weighted by Gasteiger charge is 2.34. The van der Waals surface area contributed by atoms with Gasteiger partial charge in [0.2, 0.25) is 15.4 Å². The Morgan fingerprint density at radius 3 is 1.52 bits per heavy atom. The van der Waals surface area contributed by atoms with Gasteiger partial charge < -0.3 is 21.3 Å². The van der Waals surface area contributed by atoms with Crippen molar-refractivity contribution >= 4 is 79.8 Å². The molecule has 9 rings (SSSR count). The number of pyridine rings is 1. The quantitative estimate of drug-likeness (QED) is 0.0826. The van der Waals surface area contributed by atoms with E-state index in [1.165, 1.54) is 20.9 Å². The van der Waals surface area contributed by atoms with Gasteiger partial charge >= 0.3 is 12.0 Å². The minimum Gasteiger partial charge on any atom is -0.479 e. The van der Waals surface area contributed by atoms with Crippen molar-refractivity contribution < 1.29 is 10.2 Å². The average molecular weight is 1140 g/mol. The average Bonchev–Trinajstić information content (AvgIpc) is 3.59. The maximum Gasteiger partial charge on any atom is 0.321 e. The molecule has 27 heteroatoms. The molecule has 0 saturated heterocycles. The van der Waals surface area contributed by atoms with E-state index in [9.17, 15) is 20.7 Å². The van der Waals surface area contributed by atoms with Crippen LogP contribution in [0.4, 0.5) is 57.0 Å². The van der Waals surface area contributed by atoms with Crippen LogP contribution in [-0.4, -0.2) is 79.0 Å². The van der Waals surface area contributed by atoms with Gasteiger partial charge in [-0.15, -0.1) is 35.6 Å². The summed E-state index contributed by atoms with van der Waals surface area (Å²) in [6.07, 6.45) is 0. The highest BCUT2D eigenvalue weighted by molar-refractivity contribution is 7.16. The molecular weight excluding hydrogens is 1080 g/mol. The monoisotopic (exact) mass is 1140 g/mol.